The molecule has 0 aromatic heterocycles. The van der Waals surface area contributed by atoms with Crippen LogP contribution in [0.25, 0.3) is 0 Å². The number of amides is 1. The Labute approximate surface area is 193 Å². The van der Waals surface area contributed by atoms with Gasteiger partial charge >= 0.3 is 0 Å². The maximum Gasteiger partial charge on any atom is 0.261 e. The van der Waals surface area contributed by atoms with Crippen LogP contribution in [0.5, 0.6) is 23.0 Å². The highest BCUT2D eigenvalue weighted by Crippen LogP contribution is 2.38. The molecule has 1 saturated heterocycles. The predicted molar refractivity (Wildman–Crippen MR) is 124 cm³/mol. The number of ether oxygens (including phenoxy) is 4. The summed E-state index contributed by atoms with van der Waals surface area (Å²) in [6, 6.07) is 23.4. The Balaban J connectivity index is 1.16. The summed E-state index contributed by atoms with van der Waals surface area (Å²) in [5, 5.41) is 0. The molecule has 3 aromatic rings. The van der Waals surface area contributed by atoms with Crippen molar-refractivity contribution in [2.24, 2.45) is 0 Å². The summed E-state index contributed by atoms with van der Waals surface area (Å²) in [5.41, 5.74) is 2.19. The summed E-state index contributed by atoms with van der Waals surface area (Å²) < 4.78 is 22.9. The van der Waals surface area contributed by atoms with E-state index in [0.29, 0.717) is 25.6 Å². The molecule has 6 heteroatoms. The Hall–Kier alpha value is -3.67. The van der Waals surface area contributed by atoms with Crippen molar-refractivity contribution in [2.75, 3.05) is 26.4 Å². The monoisotopic (exact) mass is 445 g/mol. The fraction of sp³-hybridized carbons (Fsp3) is 0.296. The first-order valence-corrected chi connectivity index (χ1v) is 11.3. The van der Waals surface area contributed by atoms with Gasteiger partial charge in [-0.25, -0.2) is 0 Å². The quantitative estimate of drug-likeness (QED) is 0.524. The fourth-order valence-electron chi connectivity index (χ4n) is 4.28. The molecule has 2 aliphatic heterocycles. The summed E-state index contributed by atoms with van der Waals surface area (Å²) in [5.74, 6) is 2.90. The van der Waals surface area contributed by atoms with Gasteiger partial charge in [0.15, 0.2) is 18.1 Å². The number of hydrogen-bond acceptors (Lipinski definition) is 5. The number of rotatable bonds is 7. The SMILES string of the molecule is O=C(COc1ccc(OCc2ccccc2)cc1)N1CCC[C@@H]1c1ccc2c(c1)OCCO2. The molecule has 1 fully saturated rings. The molecule has 0 N–H and O–H groups in total. The van der Waals surface area contributed by atoms with Gasteiger partial charge in [0.05, 0.1) is 6.04 Å². The first-order valence-electron chi connectivity index (χ1n) is 11.3. The smallest absolute Gasteiger partial charge is 0.261 e. The molecule has 170 valence electrons. The predicted octanol–water partition coefficient (Wildman–Crippen LogP) is 4.78. The van der Waals surface area contributed by atoms with E-state index < -0.39 is 0 Å². The molecular weight excluding hydrogens is 418 g/mol. The highest BCUT2D eigenvalue weighted by Gasteiger charge is 2.31. The number of hydrogen-bond donors (Lipinski definition) is 0. The van der Waals surface area contributed by atoms with Crippen molar-refractivity contribution < 1.29 is 23.7 Å². The minimum atomic E-state index is -0.0169. The lowest BCUT2D eigenvalue weighted by Crippen LogP contribution is -2.34. The van der Waals surface area contributed by atoms with Gasteiger partial charge in [0.25, 0.3) is 5.91 Å². The van der Waals surface area contributed by atoms with Crippen LogP contribution >= 0.6 is 0 Å². The topological polar surface area (TPSA) is 57.2 Å². The number of fused-ring (bicyclic) bond motifs is 1. The molecule has 3 aromatic carbocycles. The molecule has 0 aliphatic carbocycles. The van der Waals surface area contributed by atoms with E-state index in [1.165, 1.54) is 0 Å². The second-order valence-electron chi connectivity index (χ2n) is 8.18. The van der Waals surface area contributed by atoms with Gasteiger partial charge in [-0.05, 0) is 60.4 Å². The van der Waals surface area contributed by atoms with E-state index in [4.69, 9.17) is 18.9 Å². The Morgan fingerprint density at radius 2 is 1.61 bits per heavy atom. The molecule has 2 aliphatic rings. The van der Waals surface area contributed by atoms with Gasteiger partial charge in [-0.3, -0.25) is 4.79 Å². The van der Waals surface area contributed by atoms with Crippen LogP contribution in [0.1, 0.15) is 30.0 Å². The molecule has 0 bridgehead atoms. The fourth-order valence-corrected chi connectivity index (χ4v) is 4.28. The van der Waals surface area contributed by atoms with Crippen LogP contribution in [0, 0.1) is 0 Å². The normalized spacial score (nSPS) is 17.0. The maximum atomic E-state index is 12.9. The summed E-state index contributed by atoms with van der Waals surface area (Å²) in [7, 11) is 0. The van der Waals surface area contributed by atoms with Crippen LogP contribution in [0.3, 0.4) is 0 Å². The Morgan fingerprint density at radius 1 is 0.879 bits per heavy atom. The lowest BCUT2D eigenvalue weighted by atomic mass is 10.0. The van der Waals surface area contributed by atoms with Gasteiger partial charge in [0.2, 0.25) is 0 Å². The second-order valence-corrected chi connectivity index (χ2v) is 8.18. The molecule has 0 saturated carbocycles. The van der Waals surface area contributed by atoms with Crippen molar-refractivity contribution in [3.63, 3.8) is 0 Å². The van der Waals surface area contributed by atoms with Gasteiger partial charge in [-0.2, -0.15) is 0 Å². The Kier molecular flexibility index (Phi) is 6.33. The standard InChI is InChI=1S/C27H27NO5/c29-27(19-33-23-11-9-22(10-12-23)32-18-20-5-2-1-3-6-20)28-14-4-7-24(28)21-8-13-25-26(17-21)31-16-15-30-25/h1-3,5-6,8-13,17,24H,4,7,14-16,18-19H2/t24-/m1/s1. The average Bonchev–Trinajstić information content (AvgIpc) is 3.37. The van der Waals surface area contributed by atoms with E-state index in [1.54, 1.807) is 0 Å². The van der Waals surface area contributed by atoms with E-state index in [1.807, 2.05) is 77.7 Å². The Bertz CT molecular complexity index is 1080. The molecule has 6 nitrogen and oxygen atoms in total. The number of benzene rings is 3. The van der Waals surface area contributed by atoms with E-state index in [0.717, 1.165) is 47.8 Å². The van der Waals surface area contributed by atoms with Gasteiger partial charge in [0, 0.05) is 6.54 Å². The minimum absolute atomic E-state index is 0.00523. The van der Waals surface area contributed by atoms with Crippen LogP contribution in [0.4, 0.5) is 0 Å². The lowest BCUT2D eigenvalue weighted by Gasteiger charge is -2.26. The highest BCUT2D eigenvalue weighted by molar-refractivity contribution is 5.78. The van der Waals surface area contributed by atoms with Crippen LogP contribution in [-0.4, -0.2) is 37.2 Å². The van der Waals surface area contributed by atoms with Crippen molar-refractivity contribution in [2.45, 2.75) is 25.5 Å². The zero-order chi connectivity index (χ0) is 22.5. The maximum absolute atomic E-state index is 12.9. The van der Waals surface area contributed by atoms with Gasteiger partial charge < -0.3 is 23.8 Å². The minimum Gasteiger partial charge on any atom is -0.489 e. The van der Waals surface area contributed by atoms with Crippen molar-refractivity contribution in [3.05, 3.63) is 83.9 Å². The second kappa shape index (κ2) is 9.86. The van der Waals surface area contributed by atoms with Crippen LogP contribution in [0.15, 0.2) is 72.8 Å². The molecule has 33 heavy (non-hydrogen) atoms. The Morgan fingerprint density at radius 3 is 2.39 bits per heavy atom. The van der Waals surface area contributed by atoms with E-state index >= 15 is 0 Å². The molecule has 0 radical (unpaired) electrons. The average molecular weight is 446 g/mol. The third kappa shape index (κ3) is 5.06. The van der Waals surface area contributed by atoms with Crippen LogP contribution in [-0.2, 0) is 11.4 Å². The zero-order valence-electron chi connectivity index (χ0n) is 18.4. The number of carbonyl (C=O) groups excluding carboxylic acids is 1. The van der Waals surface area contributed by atoms with E-state index in [2.05, 4.69) is 0 Å². The van der Waals surface area contributed by atoms with Gasteiger partial charge in [0.1, 0.15) is 31.3 Å². The first-order chi connectivity index (χ1) is 16.3. The third-order valence-corrected chi connectivity index (χ3v) is 5.96. The molecule has 2 heterocycles. The number of carbonyl (C=O) groups is 1. The van der Waals surface area contributed by atoms with Crippen molar-refractivity contribution in [3.8, 4) is 23.0 Å². The van der Waals surface area contributed by atoms with Crippen LogP contribution < -0.4 is 18.9 Å². The molecular formula is C27H27NO5. The van der Waals surface area contributed by atoms with Crippen molar-refractivity contribution >= 4 is 5.91 Å². The summed E-state index contributed by atoms with van der Waals surface area (Å²) in [4.78, 5) is 14.8. The largest absolute Gasteiger partial charge is 0.489 e. The molecule has 0 unspecified atom stereocenters. The molecule has 0 spiro atoms. The number of likely N-dealkylation sites (tertiary alicyclic amines) is 1. The summed E-state index contributed by atoms with van der Waals surface area (Å²) in [6.45, 7) is 2.36. The lowest BCUT2D eigenvalue weighted by molar-refractivity contribution is -0.134. The van der Waals surface area contributed by atoms with E-state index in [-0.39, 0.29) is 18.6 Å². The van der Waals surface area contributed by atoms with Crippen molar-refractivity contribution in [1.29, 1.82) is 0 Å². The van der Waals surface area contributed by atoms with Crippen molar-refractivity contribution in [1.82, 2.24) is 4.90 Å². The van der Waals surface area contributed by atoms with Gasteiger partial charge in [-0.1, -0.05) is 36.4 Å². The van der Waals surface area contributed by atoms with Crippen LogP contribution in [0.2, 0.25) is 0 Å². The molecule has 5 rings (SSSR count). The summed E-state index contributed by atoms with van der Waals surface area (Å²) in [6.07, 6.45) is 1.90. The van der Waals surface area contributed by atoms with Gasteiger partial charge in [-0.15, -0.1) is 0 Å². The highest BCUT2D eigenvalue weighted by atomic mass is 16.6. The number of nitrogens with zero attached hydrogens (tertiary/aromatic N) is 1. The molecule has 1 amide bonds. The molecule has 1 atom stereocenters. The summed E-state index contributed by atoms with van der Waals surface area (Å²) >= 11 is 0. The zero-order valence-corrected chi connectivity index (χ0v) is 18.4. The third-order valence-electron chi connectivity index (χ3n) is 5.96. The first kappa shape index (κ1) is 21.2. The van der Waals surface area contributed by atoms with E-state index in [9.17, 15) is 4.79 Å².